The highest BCUT2D eigenvalue weighted by Gasteiger charge is 2.29. The molecular formula is C16H16BrNO3. The van der Waals surface area contributed by atoms with Crippen molar-refractivity contribution in [3.05, 3.63) is 58.0 Å². The van der Waals surface area contributed by atoms with E-state index in [1.54, 1.807) is 18.4 Å². The molecule has 1 aromatic carbocycles. The molecule has 5 heteroatoms. The highest BCUT2D eigenvalue weighted by Crippen LogP contribution is 2.31. The summed E-state index contributed by atoms with van der Waals surface area (Å²) in [6, 6.07) is 9.68. The van der Waals surface area contributed by atoms with E-state index in [1.165, 1.54) is 12.8 Å². The lowest BCUT2D eigenvalue weighted by Crippen LogP contribution is -2.25. The Morgan fingerprint density at radius 2 is 2.14 bits per heavy atom. The molecule has 0 aliphatic heterocycles. The minimum atomic E-state index is -0.906. The number of furan rings is 1. The number of carbonyl (C=O) groups is 1. The van der Waals surface area contributed by atoms with Gasteiger partial charge in [0.05, 0.1) is 18.4 Å². The molecule has 0 radical (unpaired) electrons. The first kappa shape index (κ1) is 14.4. The Balaban J connectivity index is 1.75. The van der Waals surface area contributed by atoms with Crippen molar-refractivity contribution < 1.29 is 14.3 Å². The molecule has 3 rings (SSSR count). The molecule has 0 amide bonds. The maximum Gasteiger partial charge on any atom is 0.335 e. The number of rotatable bonds is 6. The zero-order valence-electron chi connectivity index (χ0n) is 11.5. The second-order valence-electron chi connectivity index (χ2n) is 5.33. The van der Waals surface area contributed by atoms with Gasteiger partial charge in [-0.15, -0.1) is 0 Å². The lowest BCUT2D eigenvalue weighted by Gasteiger charge is -2.21. The van der Waals surface area contributed by atoms with Gasteiger partial charge in [-0.1, -0.05) is 22.0 Å². The normalized spacial score (nSPS) is 14.6. The lowest BCUT2D eigenvalue weighted by molar-refractivity contribution is 0.0697. The molecule has 1 fully saturated rings. The number of aromatic carboxylic acids is 1. The number of benzene rings is 1. The quantitative estimate of drug-likeness (QED) is 0.858. The number of carboxylic acid groups (broad SMARTS) is 1. The molecule has 1 N–H and O–H groups in total. The van der Waals surface area contributed by atoms with Crippen LogP contribution in [0.3, 0.4) is 0 Å². The fourth-order valence-corrected chi connectivity index (χ4v) is 2.89. The van der Waals surface area contributed by atoms with Gasteiger partial charge in [0, 0.05) is 17.1 Å². The van der Waals surface area contributed by atoms with Gasteiger partial charge >= 0.3 is 5.97 Å². The van der Waals surface area contributed by atoms with Crippen molar-refractivity contribution >= 4 is 21.9 Å². The van der Waals surface area contributed by atoms with E-state index in [-0.39, 0.29) is 0 Å². The summed E-state index contributed by atoms with van der Waals surface area (Å²) < 4.78 is 6.27. The minimum Gasteiger partial charge on any atom is -0.478 e. The maximum absolute atomic E-state index is 11.0. The predicted molar refractivity (Wildman–Crippen MR) is 82.1 cm³/mol. The standard InChI is InChI=1S/C16H16BrNO3/c17-15-8-11(16(19)20)3-4-12(15)9-18(13-5-6-13)10-14-2-1-7-21-14/h1-4,7-8,13H,5-6,9-10H2,(H,19,20). The lowest BCUT2D eigenvalue weighted by atomic mass is 10.1. The summed E-state index contributed by atoms with van der Waals surface area (Å²) >= 11 is 3.48. The van der Waals surface area contributed by atoms with Gasteiger partial charge < -0.3 is 9.52 Å². The van der Waals surface area contributed by atoms with Crippen molar-refractivity contribution in [2.45, 2.75) is 32.0 Å². The Morgan fingerprint density at radius 3 is 2.71 bits per heavy atom. The van der Waals surface area contributed by atoms with Gasteiger partial charge in [0.1, 0.15) is 5.76 Å². The molecule has 21 heavy (non-hydrogen) atoms. The number of hydrogen-bond acceptors (Lipinski definition) is 3. The van der Waals surface area contributed by atoms with Crippen LogP contribution in [-0.4, -0.2) is 22.0 Å². The molecule has 1 aromatic heterocycles. The summed E-state index contributed by atoms with van der Waals surface area (Å²) in [5.74, 6) is 0.0528. The Morgan fingerprint density at radius 1 is 1.33 bits per heavy atom. The summed E-state index contributed by atoms with van der Waals surface area (Å²) in [5, 5.41) is 9.01. The second-order valence-corrected chi connectivity index (χ2v) is 6.18. The van der Waals surface area contributed by atoms with E-state index >= 15 is 0 Å². The van der Waals surface area contributed by atoms with Crippen molar-refractivity contribution in [1.29, 1.82) is 0 Å². The van der Waals surface area contributed by atoms with Crippen molar-refractivity contribution in [3.8, 4) is 0 Å². The molecule has 0 bridgehead atoms. The average molecular weight is 350 g/mol. The minimum absolute atomic E-state index is 0.301. The molecule has 110 valence electrons. The highest BCUT2D eigenvalue weighted by atomic mass is 79.9. The van der Waals surface area contributed by atoms with Crippen LogP contribution >= 0.6 is 15.9 Å². The number of halogens is 1. The third-order valence-corrected chi connectivity index (χ3v) is 4.41. The number of carboxylic acids is 1. The molecule has 0 atom stereocenters. The van der Waals surface area contributed by atoms with Crippen LogP contribution in [0.5, 0.6) is 0 Å². The predicted octanol–water partition coefficient (Wildman–Crippen LogP) is 3.90. The van der Waals surface area contributed by atoms with E-state index in [9.17, 15) is 4.79 Å². The van der Waals surface area contributed by atoms with Gasteiger partial charge in [-0.05, 0) is 42.7 Å². The van der Waals surface area contributed by atoms with Crippen molar-refractivity contribution in [2.75, 3.05) is 0 Å². The van der Waals surface area contributed by atoms with Crippen molar-refractivity contribution in [3.63, 3.8) is 0 Å². The molecule has 1 aliphatic rings. The van der Waals surface area contributed by atoms with Crippen LogP contribution in [0, 0.1) is 0 Å². The summed E-state index contributed by atoms with van der Waals surface area (Å²) in [4.78, 5) is 13.3. The Hall–Kier alpha value is -1.59. The van der Waals surface area contributed by atoms with Crippen molar-refractivity contribution in [1.82, 2.24) is 4.90 Å². The Bertz CT molecular complexity index is 635. The van der Waals surface area contributed by atoms with Crippen LogP contribution < -0.4 is 0 Å². The topological polar surface area (TPSA) is 53.7 Å². The zero-order valence-corrected chi connectivity index (χ0v) is 13.0. The van der Waals surface area contributed by atoms with E-state index < -0.39 is 5.97 Å². The van der Waals surface area contributed by atoms with Gasteiger partial charge in [0.2, 0.25) is 0 Å². The van der Waals surface area contributed by atoms with E-state index in [4.69, 9.17) is 9.52 Å². The van der Waals surface area contributed by atoms with Gasteiger partial charge in [-0.25, -0.2) is 4.79 Å². The SMILES string of the molecule is O=C(O)c1ccc(CN(Cc2ccco2)C2CC2)c(Br)c1. The van der Waals surface area contributed by atoms with Gasteiger partial charge in [-0.2, -0.15) is 0 Å². The highest BCUT2D eigenvalue weighted by molar-refractivity contribution is 9.10. The third kappa shape index (κ3) is 3.54. The van der Waals surface area contributed by atoms with Crippen LogP contribution in [-0.2, 0) is 13.1 Å². The number of hydrogen-bond donors (Lipinski definition) is 1. The van der Waals surface area contributed by atoms with Crippen LogP contribution in [0.2, 0.25) is 0 Å². The van der Waals surface area contributed by atoms with E-state index in [2.05, 4.69) is 20.8 Å². The third-order valence-electron chi connectivity index (χ3n) is 3.68. The first-order valence-corrected chi connectivity index (χ1v) is 7.71. The molecule has 4 nitrogen and oxygen atoms in total. The molecular weight excluding hydrogens is 334 g/mol. The van der Waals surface area contributed by atoms with E-state index in [1.807, 2.05) is 18.2 Å². The summed E-state index contributed by atoms with van der Waals surface area (Å²) in [7, 11) is 0. The first-order chi connectivity index (χ1) is 10.1. The first-order valence-electron chi connectivity index (χ1n) is 6.91. The molecule has 1 heterocycles. The monoisotopic (exact) mass is 349 g/mol. The molecule has 0 spiro atoms. The Labute approximate surface area is 131 Å². The zero-order chi connectivity index (χ0) is 14.8. The van der Waals surface area contributed by atoms with Gasteiger partial charge in [0.15, 0.2) is 0 Å². The van der Waals surface area contributed by atoms with Crippen molar-refractivity contribution in [2.24, 2.45) is 0 Å². The second kappa shape index (κ2) is 6.03. The fourth-order valence-electron chi connectivity index (χ4n) is 2.38. The summed E-state index contributed by atoms with van der Waals surface area (Å²) in [6.45, 7) is 1.57. The Kier molecular flexibility index (Phi) is 4.12. The average Bonchev–Trinajstić information content (AvgIpc) is 3.18. The van der Waals surface area contributed by atoms with Crippen LogP contribution in [0.1, 0.15) is 34.5 Å². The van der Waals surface area contributed by atoms with Crippen LogP contribution in [0.25, 0.3) is 0 Å². The molecule has 0 saturated heterocycles. The number of nitrogens with zero attached hydrogens (tertiary/aromatic N) is 1. The molecule has 0 unspecified atom stereocenters. The smallest absolute Gasteiger partial charge is 0.335 e. The largest absolute Gasteiger partial charge is 0.478 e. The van der Waals surface area contributed by atoms with Gasteiger partial charge in [-0.3, -0.25) is 4.90 Å². The maximum atomic E-state index is 11.0. The van der Waals surface area contributed by atoms with Crippen LogP contribution in [0.4, 0.5) is 0 Å². The van der Waals surface area contributed by atoms with E-state index in [0.717, 1.165) is 28.9 Å². The molecule has 2 aromatic rings. The van der Waals surface area contributed by atoms with Gasteiger partial charge in [0.25, 0.3) is 0 Å². The molecule has 1 aliphatic carbocycles. The fraction of sp³-hybridized carbons (Fsp3) is 0.312. The molecule has 1 saturated carbocycles. The van der Waals surface area contributed by atoms with E-state index in [0.29, 0.717) is 11.6 Å². The van der Waals surface area contributed by atoms with Crippen LogP contribution in [0.15, 0.2) is 45.5 Å². The summed E-state index contributed by atoms with van der Waals surface area (Å²) in [6.07, 6.45) is 4.12. The summed E-state index contributed by atoms with van der Waals surface area (Å²) in [5.41, 5.74) is 1.40.